The minimum absolute atomic E-state index is 0.0164. The first-order valence-electron chi connectivity index (χ1n) is 9.80. The molecule has 1 aromatic carbocycles. The predicted octanol–water partition coefficient (Wildman–Crippen LogP) is 3.32. The summed E-state index contributed by atoms with van der Waals surface area (Å²) in [5.74, 6) is -1.87. The Kier molecular flexibility index (Phi) is 5.65. The number of hydrogen-bond donors (Lipinski definition) is 1. The standard InChI is InChI=1S/C20H21ClF2N6O2/c1-10(2)24-19(30)14-7-11-9-28(5-4-6-29(11)27-14)18-15-16(25-20(21)26-18)12(22)8-13(23)17(15)31-3/h7-8,10H,4-6,9H2,1-3H3,(H,24,30). The average molecular weight is 451 g/mol. The highest BCUT2D eigenvalue weighted by Crippen LogP contribution is 2.37. The Balaban J connectivity index is 1.79. The van der Waals surface area contributed by atoms with E-state index in [0.29, 0.717) is 37.8 Å². The van der Waals surface area contributed by atoms with Gasteiger partial charge in [-0.15, -0.1) is 0 Å². The number of amides is 1. The molecule has 1 amide bonds. The molecule has 4 rings (SSSR count). The van der Waals surface area contributed by atoms with E-state index in [2.05, 4.69) is 20.4 Å². The van der Waals surface area contributed by atoms with Crippen molar-refractivity contribution in [3.05, 3.63) is 40.4 Å². The van der Waals surface area contributed by atoms with Crippen LogP contribution >= 0.6 is 11.6 Å². The number of anilines is 1. The lowest BCUT2D eigenvalue weighted by Crippen LogP contribution is -2.30. The van der Waals surface area contributed by atoms with Crippen LogP contribution in [0.15, 0.2) is 12.1 Å². The zero-order valence-corrected chi connectivity index (χ0v) is 18.0. The molecule has 1 aliphatic rings. The van der Waals surface area contributed by atoms with Crippen LogP contribution in [0.25, 0.3) is 10.9 Å². The van der Waals surface area contributed by atoms with Crippen molar-refractivity contribution in [2.45, 2.75) is 39.4 Å². The molecular formula is C20H21ClF2N6O2. The quantitative estimate of drug-likeness (QED) is 0.614. The topological polar surface area (TPSA) is 85.2 Å². The van der Waals surface area contributed by atoms with Crippen molar-refractivity contribution in [3.8, 4) is 5.75 Å². The maximum absolute atomic E-state index is 14.5. The summed E-state index contributed by atoms with van der Waals surface area (Å²) >= 11 is 6.06. The lowest BCUT2D eigenvalue weighted by molar-refractivity contribution is 0.0937. The fraction of sp³-hybridized carbons (Fsp3) is 0.400. The molecule has 0 bridgehead atoms. The number of rotatable bonds is 4. The number of carbonyl (C=O) groups is 1. The Morgan fingerprint density at radius 2 is 2.00 bits per heavy atom. The van der Waals surface area contributed by atoms with E-state index in [1.807, 2.05) is 18.7 Å². The lowest BCUT2D eigenvalue weighted by Gasteiger charge is -2.23. The molecule has 0 saturated carbocycles. The highest BCUT2D eigenvalue weighted by Gasteiger charge is 2.26. The molecule has 0 unspecified atom stereocenters. The number of hydrogen-bond acceptors (Lipinski definition) is 6. The van der Waals surface area contributed by atoms with Crippen LogP contribution in [-0.2, 0) is 13.1 Å². The fourth-order valence-corrected chi connectivity index (χ4v) is 3.85. The van der Waals surface area contributed by atoms with Crippen LogP contribution in [0.2, 0.25) is 5.28 Å². The van der Waals surface area contributed by atoms with Gasteiger partial charge in [-0.3, -0.25) is 9.48 Å². The molecule has 1 aliphatic heterocycles. The smallest absolute Gasteiger partial charge is 0.271 e. The van der Waals surface area contributed by atoms with E-state index in [1.54, 1.807) is 10.7 Å². The van der Waals surface area contributed by atoms with Gasteiger partial charge in [-0.25, -0.2) is 13.8 Å². The number of aryl methyl sites for hydroxylation is 1. The summed E-state index contributed by atoms with van der Waals surface area (Å²) in [6, 6.07) is 2.41. The van der Waals surface area contributed by atoms with Gasteiger partial charge >= 0.3 is 0 Å². The largest absolute Gasteiger partial charge is 0.493 e. The van der Waals surface area contributed by atoms with Crippen molar-refractivity contribution in [2.75, 3.05) is 18.6 Å². The minimum atomic E-state index is -0.855. The summed E-state index contributed by atoms with van der Waals surface area (Å²) in [4.78, 5) is 22.4. The SMILES string of the molecule is COc1c(F)cc(F)c2nc(Cl)nc(N3CCCn4nc(C(=O)NC(C)C)cc4C3)c12. The Morgan fingerprint density at radius 3 is 2.71 bits per heavy atom. The molecule has 3 heterocycles. The molecule has 31 heavy (non-hydrogen) atoms. The number of aromatic nitrogens is 4. The van der Waals surface area contributed by atoms with Gasteiger partial charge in [0.1, 0.15) is 11.3 Å². The first kappa shape index (κ1) is 21.2. The van der Waals surface area contributed by atoms with E-state index in [4.69, 9.17) is 16.3 Å². The summed E-state index contributed by atoms with van der Waals surface area (Å²) in [6.45, 7) is 5.16. The highest BCUT2D eigenvalue weighted by molar-refractivity contribution is 6.29. The summed E-state index contributed by atoms with van der Waals surface area (Å²) in [7, 11) is 1.30. The Bertz CT molecular complexity index is 1170. The maximum Gasteiger partial charge on any atom is 0.271 e. The number of ether oxygens (including phenoxy) is 1. The highest BCUT2D eigenvalue weighted by atomic mass is 35.5. The maximum atomic E-state index is 14.5. The summed E-state index contributed by atoms with van der Waals surface area (Å²) < 4.78 is 35.9. The van der Waals surface area contributed by atoms with Gasteiger partial charge in [-0.05, 0) is 37.9 Å². The van der Waals surface area contributed by atoms with Gasteiger partial charge in [0.15, 0.2) is 23.1 Å². The number of fused-ring (bicyclic) bond motifs is 2. The molecule has 11 heteroatoms. The molecule has 0 atom stereocenters. The molecule has 3 aromatic rings. The molecular weight excluding hydrogens is 430 g/mol. The van der Waals surface area contributed by atoms with Gasteiger partial charge < -0.3 is 15.0 Å². The molecule has 0 saturated heterocycles. The second-order valence-corrected chi connectivity index (χ2v) is 7.90. The van der Waals surface area contributed by atoms with Crippen molar-refractivity contribution in [1.29, 1.82) is 0 Å². The number of methoxy groups -OCH3 is 1. The van der Waals surface area contributed by atoms with Crippen molar-refractivity contribution < 1.29 is 18.3 Å². The van der Waals surface area contributed by atoms with Gasteiger partial charge in [0.05, 0.1) is 24.7 Å². The number of halogens is 3. The third-order valence-electron chi connectivity index (χ3n) is 4.96. The van der Waals surface area contributed by atoms with Gasteiger partial charge in [-0.1, -0.05) is 0 Å². The van der Waals surface area contributed by atoms with E-state index in [-0.39, 0.29) is 39.7 Å². The molecule has 0 aliphatic carbocycles. The molecule has 2 aromatic heterocycles. The molecule has 164 valence electrons. The van der Waals surface area contributed by atoms with E-state index in [1.165, 1.54) is 7.11 Å². The van der Waals surface area contributed by atoms with Crippen LogP contribution in [0.5, 0.6) is 5.75 Å². The molecule has 8 nitrogen and oxygen atoms in total. The first-order valence-corrected chi connectivity index (χ1v) is 10.2. The minimum Gasteiger partial charge on any atom is -0.493 e. The Labute approximate surface area is 182 Å². The Hall–Kier alpha value is -3.01. The van der Waals surface area contributed by atoms with Gasteiger partial charge in [0, 0.05) is 25.2 Å². The summed E-state index contributed by atoms with van der Waals surface area (Å²) in [5, 5.41) is 7.17. The van der Waals surface area contributed by atoms with Gasteiger partial charge in [0.25, 0.3) is 5.91 Å². The van der Waals surface area contributed by atoms with Gasteiger partial charge in [-0.2, -0.15) is 10.1 Å². The second-order valence-electron chi connectivity index (χ2n) is 7.56. The summed E-state index contributed by atoms with van der Waals surface area (Å²) in [5.41, 5.74) is 0.957. The lowest BCUT2D eigenvalue weighted by atomic mass is 10.1. The zero-order valence-electron chi connectivity index (χ0n) is 17.2. The van der Waals surface area contributed by atoms with E-state index in [0.717, 1.165) is 5.69 Å². The Morgan fingerprint density at radius 1 is 1.23 bits per heavy atom. The molecule has 1 N–H and O–H groups in total. The first-order chi connectivity index (χ1) is 14.8. The fourth-order valence-electron chi connectivity index (χ4n) is 3.69. The van der Waals surface area contributed by atoms with Crippen molar-refractivity contribution in [3.63, 3.8) is 0 Å². The van der Waals surface area contributed by atoms with E-state index >= 15 is 0 Å². The van der Waals surface area contributed by atoms with Crippen LogP contribution in [0.3, 0.4) is 0 Å². The van der Waals surface area contributed by atoms with Crippen LogP contribution < -0.4 is 15.0 Å². The zero-order chi connectivity index (χ0) is 22.3. The third kappa shape index (κ3) is 3.99. The second kappa shape index (κ2) is 8.26. The molecule has 0 fully saturated rings. The number of benzene rings is 1. The summed E-state index contributed by atoms with van der Waals surface area (Å²) in [6.07, 6.45) is 0.670. The van der Waals surface area contributed by atoms with Crippen molar-refractivity contribution in [2.24, 2.45) is 0 Å². The van der Waals surface area contributed by atoms with Gasteiger partial charge in [0.2, 0.25) is 5.28 Å². The molecule has 0 radical (unpaired) electrons. The van der Waals surface area contributed by atoms with Crippen LogP contribution in [0.4, 0.5) is 14.6 Å². The number of nitrogens with zero attached hydrogens (tertiary/aromatic N) is 5. The van der Waals surface area contributed by atoms with Crippen LogP contribution in [0, 0.1) is 11.6 Å². The number of carbonyl (C=O) groups excluding carboxylic acids is 1. The van der Waals surface area contributed by atoms with Crippen molar-refractivity contribution >= 4 is 34.2 Å². The molecule has 0 spiro atoms. The van der Waals surface area contributed by atoms with Crippen LogP contribution in [-0.4, -0.2) is 45.4 Å². The average Bonchev–Trinajstić information content (AvgIpc) is 3.00. The number of nitrogens with one attached hydrogen (secondary N) is 1. The van der Waals surface area contributed by atoms with E-state index in [9.17, 15) is 13.6 Å². The van der Waals surface area contributed by atoms with Crippen LogP contribution in [0.1, 0.15) is 36.5 Å². The van der Waals surface area contributed by atoms with E-state index < -0.39 is 11.6 Å². The normalized spacial score (nSPS) is 14.0. The van der Waals surface area contributed by atoms with Crippen molar-refractivity contribution in [1.82, 2.24) is 25.1 Å². The third-order valence-corrected chi connectivity index (χ3v) is 5.13. The predicted molar refractivity (Wildman–Crippen MR) is 112 cm³/mol. The monoisotopic (exact) mass is 450 g/mol.